The van der Waals surface area contributed by atoms with E-state index < -0.39 is 0 Å². The molecule has 0 saturated carbocycles. The Morgan fingerprint density at radius 2 is 2.00 bits per heavy atom. The first kappa shape index (κ1) is 18.9. The highest BCUT2D eigenvalue weighted by atomic mass is 32.1. The molecule has 0 aliphatic carbocycles. The van der Waals surface area contributed by atoms with Crippen LogP contribution in [0.2, 0.25) is 0 Å². The first-order valence-corrected chi connectivity index (χ1v) is 9.23. The second-order valence-corrected chi connectivity index (χ2v) is 6.82. The number of thiazole rings is 1. The summed E-state index contributed by atoms with van der Waals surface area (Å²) < 4.78 is 0. The lowest BCUT2D eigenvalue weighted by molar-refractivity contribution is -0.119. The summed E-state index contributed by atoms with van der Waals surface area (Å²) in [6.45, 7) is 6.06. The summed E-state index contributed by atoms with van der Waals surface area (Å²) in [7, 11) is 0. The normalized spacial score (nSPS) is 11.2. The van der Waals surface area contributed by atoms with Crippen molar-refractivity contribution < 1.29 is 4.79 Å². The largest absolute Gasteiger partial charge is 0.357 e. The maximum Gasteiger partial charge on any atom is 0.241 e. The first-order valence-electron chi connectivity index (χ1n) is 8.41. The summed E-state index contributed by atoms with van der Waals surface area (Å²) in [5.74, 6) is 0.534. The summed E-state index contributed by atoms with van der Waals surface area (Å²) in [6, 6.07) is 10.1. The fourth-order valence-corrected chi connectivity index (χ4v) is 2.91. The van der Waals surface area contributed by atoms with Crippen molar-refractivity contribution in [3.8, 4) is 0 Å². The highest BCUT2D eigenvalue weighted by Crippen LogP contribution is 2.10. The van der Waals surface area contributed by atoms with Crippen molar-refractivity contribution in [1.29, 1.82) is 0 Å². The SMILES string of the molecule is CCNC(=NCC(=O)NCCc1ccccc1)NCc1ncc(C)s1. The van der Waals surface area contributed by atoms with Crippen LogP contribution in [0.4, 0.5) is 0 Å². The van der Waals surface area contributed by atoms with Crippen LogP contribution in [0.25, 0.3) is 0 Å². The number of amides is 1. The van der Waals surface area contributed by atoms with Gasteiger partial charge in [-0.1, -0.05) is 30.3 Å². The minimum absolute atomic E-state index is 0.0850. The number of nitrogens with zero attached hydrogens (tertiary/aromatic N) is 2. The van der Waals surface area contributed by atoms with E-state index in [1.54, 1.807) is 11.3 Å². The fourth-order valence-electron chi connectivity index (χ4n) is 2.18. The molecule has 0 aliphatic rings. The number of carbonyl (C=O) groups is 1. The minimum Gasteiger partial charge on any atom is -0.357 e. The topological polar surface area (TPSA) is 78.4 Å². The van der Waals surface area contributed by atoms with E-state index >= 15 is 0 Å². The summed E-state index contributed by atoms with van der Waals surface area (Å²) >= 11 is 1.65. The molecule has 0 radical (unpaired) electrons. The maximum atomic E-state index is 11.9. The van der Waals surface area contributed by atoms with Crippen molar-refractivity contribution >= 4 is 23.2 Å². The van der Waals surface area contributed by atoms with E-state index in [9.17, 15) is 4.79 Å². The van der Waals surface area contributed by atoms with Gasteiger partial charge in [0, 0.05) is 24.2 Å². The third-order valence-corrected chi connectivity index (χ3v) is 4.29. The molecule has 2 rings (SSSR count). The fraction of sp³-hybridized carbons (Fsp3) is 0.389. The van der Waals surface area contributed by atoms with E-state index in [1.807, 2.05) is 38.2 Å². The number of nitrogens with one attached hydrogen (secondary N) is 3. The van der Waals surface area contributed by atoms with Gasteiger partial charge in [-0.15, -0.1) is 11.3 Å². The Bertz CT molecular complexity index is 684. The number of hydrogen-bond acceptors (Lipinski definition) is 4. The molecular formula is C18H25N5OS. The Balaban J connectivity index is 1.74. The van der Waals surface area contributed by atoms with Gasteiger partial charge in [-0.3, -0.25) is 4.79 Å². The summed E-state index contributed by atoms with van der Waals surface area (Å²) in [4.78, 5) is 21.7. The molecule has 1 heterocycles. The van der Waals surface area contributed by atoms with Crippen LogP contribution in [-0.4, -0.2) is 36.5 Å². The second-order valence-electron chi connectivity index (χ2n) is 5.50. The van der Waals surface area contributed by atoms with E-state index in [0.29, 0.717) is 19.0 Å². The second kappa shape index (κ2) is 10.5. The molecule has 1 amide bonds. The molecule has 2 aromatic rings. The van der Waals surface area contributed by atoms with E-state index in [1.165, 1.54) is 10.4 Å². The molecule has 0 fully saturated rings. The molecule has 25 heavy (non-hydrogen) atoms. The van der Waals surface area contributed by atoms with Gasteiger partial charge >= 0.3 is 0 Å². The maximum absolute atomic E-state index is 11.9. The molecule has 134 valence electrons. The van der Waals surface area contributed by atoms with E-state index in [4.69, 9.17) is 0 Å². The molecule has 1 aromatic carbocycles. The van der Waals surface area contributed by atoms with Crippen LogP contribution in [0.1, 0.15) is 22.4 Å². The standard InChI is InChI=1S/C18H25N5OS/c1-3-19-18(23-13-17-21-11-14(2)25-17)22-12-16(24)20-10-9-15-7-5-4-6-8-15/h4-8,11H,3,9-10,12-13H2,1-2H3,(H,20,24)(H2,19,22,23). The summed E-state index contributed by atoms with van der Waals surface area (Å²) in [6.07, 6.45) is 2.67. The third kappa shape index (κ3) is 7.34. The number of rotatable bonds is 8. The lowest BCUT2D eigenvalue weighted by Gasteiger charge is -2.10. The zero-order valence-electron chi connectivity index (χ0n) is 14.7. The van der Waals surface area contributed by atoms with Crippen molar-refractivity contribution in [2.45, 2.75) is 26.8 Å². The summed E-state index contributed by atoms with van der Waals surface area (Å²) in [5, 5.41) is 10.2. The van der Waals surface area contributed by atoms with Gasteiger partial charge in [-0.05, 0) is 25.8 Å². The van der Waals surface area contributed by atoms with Crippen LogP contribution in [0.5, 0.6) is 0 Å². The number of hydrogen-bond donors (Lipinski definition) is 3. The Morgan fingerprint density at radius 3 is 2.68 bits per heavy atom. The van der Waals surface area contributed by atoms with Gasteiger partial charge in [0.05, 0.1) is 6.54 Å². The number of aryl methyl sites for hydroxylation is 1. The van der Waals surface area contributed by atoms with Crippen molar-refractivity contribution in [3.63, 3.8) is 0 Å². The van der Waals surface area contributed by atoms with Gasteiger partial charge < -0.3 is 16.0 Å². The smallest absolute Gasteiger partial charge is 0.241 e. The Kier molecular flexibility index (Phi) is 7.91. The molecule has 7 heteroatoms. The average molecular weight is 359 g/mol. The van der Waals surface area contributed by atoms with Gasteiger partial charge in [-0.2, -0.15) is 0 Å². The molecule has 0 aliphatic heterocycles. The molecule has 0 bridgehead atoms. The molecule has 1 aromatic heterocycles. The Morgan fingerprint density at radius 1 is 1.20 bits per heavy atom. The molecule has 0 atom stereocenters. The van der Waals surface area contributed by atoms with E-state index in [0.717, 1.165) is 18.0 Å². The number of benzene rings is 1. The molecular weight excluding hydrogens is 334 g/mol. The Labute approximate surface area is 152 Å². The zero-order chi connectivity index (χ0) is 17.9. The highest BCUT2D eigenvalue weighted by molar-refractivity contribution is 7.11. The zero-order valence-corrected chi connectivity index (χ0v) is 15.5. The van der Waals surface area contributed by atoms with Crippen molar-refractivity contribution in [2.24, 2.45) is 4.99 Å². The van der Waals surface area contributed by atoms with Crippen LogP contribution < -0.4 is 16.0 Å². The third-order valence-electron chi connectivity index (χ3n) is 3.38. The first-order chi connectivity index (χ1) is 12.2. The van der Waals surface area contributed by atoms with Crippen molar-refractivity contribution in [3.05, 3.63) is 52.0 Å². The van der Waals surface area contributed by atoms with Gasteiger partial charge in [0.2, 0.25) is 5.91 Å². The van der Waals surface area contributed by atoms with Crippen LogP contribution in [0, 0.1) is 6.92 Å². The van der Waals surface area contributed by atoms with E-state index in [2.05, 4.69) is 38.1 Å². The van der Waals surface area contributed by atoms with Gasteiger partial charge in [-0.25, -0.2) is 9.98 Å². The van der Waals surface area contributed by atoms with Gasteiger partial charge in [0.15, 0.2) is 5.96 Å². The van der Waals surface area contributed by atoms with E-state index in [-0.39, 0.29) is 12.5 Å². The monoisotopic (exact) mass is 359 g/mol. The van der Waals surface area contributed by atoms with Crippen LogP contribution in [0.15, 0.2) is 41.5 Å². The Hall–Kier alpha value is -2.41. The van der Waals surface area contributed by atoms with Crippen LogP contribution >= 0.6 is 11.3 Å². The molecule has 3 N–H and O–H groups in total. The lowest BCUT2D eigenvalue weighted by atomic mass is 10.1. The number of aromatic nitrogens is 1. The number of carbonyl (C=O) groups excluding carboxylic acids is 1. The van der Waals surface area contributed by atoms with Crippen molar-refractivity contribution in [2.75, 3.05) is 19.6 Å². The lowest BCUT2D eigenvalue weighted by Crippen LogP contribution is -2.38. The van der Waals surface area contributed by atoms with Crippen LogP contribution in [-0.2, 0) is 17.8 Å². The van der Waals surface area contributed by atoms with Gasteiger partial charge in [0.1, 0.15) is 11.6 Å². The summed E-state index contributed by atoms with van der Waals surface area (Å²) in [5.41, 5.74) is 1.21. The predicted molar refractivity (Wildman–Crippen MR) is 103 cm³/mol. The predicted octanol–water partition coefficient (Wildman–Crippen LogP) is 1.87. The highest BCUT2D eigenvalue weighted by Gasteiger charge is 2.04. The number of guanidine groups is 1. The van der Waals surface area contributed by atoms with Crippen molar-refractivity contribution in [1.82, 2.24) is 20.9 Å². The molecule has 6 nitrogen and oxygen atoms in total. The quantitative estimate of drug-likeness (QED) is 0.497. The van der Waals surface area contributed by atoms with Crippen LogP contribution in [0.3, 0.4) is 0 Å². The minimum atomic E-state index is -0.0850. The molecule has 0 spiro atoms. The van der Waals surface area contributed by atoms with Gasteiger partial charge in [0.25, 0.3) is 0 Å². The number of aliphatic imine (C=N–C) groups is 1. The molecule has 0 unspecified atom stereocenters. The molecule has 0 saturated heterocycles. The average Bonchev–Trinajstić information content (AvgIpc) is 3.04.